The van der Waals surface area contributed by atoms with Crippen molar-refractivity contribution in [3.05, 3.63) is 63.9 Å². The molecule has 0 saturated carbocycles. The van der Waals surface area contributed by atoms with Gasteiger partial charge in [0.2, 0.25) is 0 Å². The van der Waals surface area contributed by atoms with Crippen LogP contribution in [0.3, 0.4) is 0 Å². The Balaban J connectivity index is 2.03. The van der Waals surface area contributed by atoms with Gasteiger partial charge in [-0.3, -0.25) is 4.79 Å². The smallest absolute Gasteiger partial charge is 0.282 e. The summed E-state index contributed by atoms with van der Waals surface area (Å²) in [6, 6.07) is 11.4. The number of hydrogen-bond acceptors (Lipinski definition) is 1. The van der Waals surface area contributed by atoms with Gasteiger partial charge in [0, 0.05) is 11.3 Å². The number of benzene rings is 2. The van der Waals surface area contributed by atoms with Crippen molar-refractivity contribution in [1.82, 2.24) is 0 Å². The Morgan fingerprint density at radius 3 is 2.43 bits per heavy atom. The van der Waals surface area contributed by atoms with Crippen LogP contribution >= 0.6 is 23.2 Å². The number of quaternary nitrogens is 1. The van der Waals surface area contributed by atoms with Gasteiger partial charge in [-0.1, -0.05) is 41.4 Å². The van der Waals surface area contributed by atoms with Gasteiger partial charge in [-0.2, -0.15) is 0 Å². The molecule has 2 aromatic rings. The third kappa shape index (κ3) is 4.67. The summed E-state index contributed by atoms with van der Waals surface area (Å²) in [5.74, 6) is -0.652. The molecule has 0 bridgehead atoms. The Hall–Kier alpha value is -1.62. The molecular formula is C17H18Cl2FN2O+. The molecule has 0 unspecified atom stereocenters. The topological polar surface area (TPSA) is 45.7 Å². The van der Waals surface area contributed by atoms with E-state index in [1.165, 1.54) is 12.1 Å². The van der Waals surface area contributed by atoms with Crippen molar-refractivity contribution in [2.45, 2.75) is 25.9 Å². The van der Waals surface area contributed by atoms with E-state index in [0.717, 1.165) is 5.69 Å². The first-order valence-electron chi connectivity index (χ1n) is 7.24. The molecule has 0 aliphatic carbocycles. The highest BCUT2D eigenvalue weighted by atomic mass is 35.5. The minimum absolute atomic E-state index is 0.0131. The Labute approximate surface area is 144 Å². The van der Waals surface area contributed by atoms with Crippen LogP contribution in [0.1, 0.15) is 25.5 Å². The third-order valence-electron chi connectivity index (χ3n) is 3.56. The van der Waals surface area contributed by atoms with Crippen LogP contribution in [-0.2, 0) is 4.79 Å². The zero-order chi connectivity index (χ0) is 17.0. The second-order valence-corrected chi connectivity index (χ2v) is 6.23. The molecule has 0 fully saturated rings. The number of carbonyl (C=O) groups excluding carboxylic acids is 1. The van der Waals surface area contributed by atoms with Crippen molar-refractivity contribution in [3.8, 4) is 0 Å². The fourth-order valence-corrected chi connectivity index (χ4v) is 2.84. The van der Waals surface area contributed by atoms with Gasteiger partial charge in [-0.15, -0.1) is 0 Å². The Bertz CT molecular complexity index is 694. The van der Waals surface area contributed by atoms with Crippen LogP contribution in [0, 0.1) is 5.82 Å². The van der Waals surface area contributed by atoms with Crippen molar-refractivity contribution >= 4 is 34.8 Å². The summed E-state index contributed by atoms with van der Waals surface area (Å²) in [5.41, 5.74) is 1.34. The minimum atomic E-state index is -0.521. The van der Waals surface area contributed by atoms with Crippen LogP contribution < -0.4 is 10.6 Å². The second kappa shape index (κ2) is 7.77. The highest BCUT2D eigenvalue weighted by molar-refractivity contribution is 6.35. The normalized spacial score (nSPS) is 13.4. The Morgan fingerprint density at radius 1 is 1.13 bits per heavy atom. The zero-order valence-electron chi connectivity index (χ0n) is 12.8. The van der Waals surface area contributed by atoms with E-state index in [4.69, 9.17) is 23.2 Å². The summed E-state index contributed by atoms with van der Waals surface area (Å²) < 4.78 is 13.6. The molecule has 1 amide bonds. The van der Waals surface area contributed by atoms with Crippen molar-refractivity contribution in [2.24, 2.45) is 0 Å². The molecule has 3 nitrogen and oxygen atoms in total. The number of para-hydroxylation sites is 1. The molecule has 0 radical (unpaired) electrons. The number of carbonyl (C=O) groups is 1. The van der Waals surface area contributed by atoms with Crippen LogP contribution in [-0.4, -0.2) is 11.9 Å². The number of nitrogens with two attached hydrogens (primary N) is 1. The van der Waals surface area contributed by atoms with Crippen molar-refractivity contribution < 1.29 is 14.5 Å². The molecule has 3 N–H and O–H groups in total. The van der Waals surface area contributed by atoms with E-state index < -0.39 is 5.82 Å². The maximum absolute atomic E-state index is 13.6. The molecule has 2 aromatic carbocycles. The first kappa shape index (κ1) is 17.7. The first-order chi connectivity index (χ1) is 10.9. The summed E-state index contributed by atoms with van der Waals surface area (Å²) in [5, 5.41) is 5.03. The van der Waals surface area contributed by atoms with Gasteiger partial charge in [-0.05, 0) is 38.1 Å². The lowest BCUT2D eigenvalue weighted by Crippen LogP contribution is -2.91. The molecule has 0 spiro atoms. The van der Waals surface area contributed by atoms with Gasteiger partial charge in [0.15, 0.2) is 6.04 Å². The quantitative estimate of drug-likeness (QED) is 0.787. The summed E-state index contributed by atoms with van der Waals surface area (Å²) in [6.45, 7) is 3.65. The van der Waals surface area contributed by atoms with Crippen LogP contribution in [0.25, 0.3) is 0 Å². The molecule has 122 valence electrons. The van der Waals surface area contributed by atoms with Gasteiger partial charge in [-0.25, -0.2) is 4.39 Å². The predicted octanol–water partition coefficient (Wildman–Crippen LogP) is 3.78. The van der Waals surface area contributed by atoms with Crippen LogP contribution in [0.15, 0.2) is 42.5 Å². The summed E-state index contributed by atoms with van der Waals surface area (Å²) in [4.78, 5) is 12.2. The number of nitrogens with one attached hydrogen (secondary N) is 1. The summed E-state index contributed by atoms with van der Waals surface area (Å²) in [6.07, 6.45) is 0. The standard InChI is InChI=1S/C17H17Cl2FN2O/c1-10(13-8-16(20)15(19)9-14(13)18)21-11(2)17(23)22-12-6-4-3-5-7-12/h3-11,21H,1-2H3,(H,22,23)/p+1/t10-,11-/m1/s1. The number of halogens is 3. The zero-order valence-corrected chi connectivity index (χ0v) is 14.3. The molecule has 0 aliphatic rings. The van der Waals surface area contributed by atoms with E-state index in [1.54, 1.807) is 6.92 Å². The molecule has 0 aliphatic heterocycles. The van der Waals surface area contributed by atoms with E-state index >= 15 is 0 Å². The van der Waals surface area contributed by atoms with E-state index in [1.807, 2.05) is 42.6 Å². The maximum atomic E-state index is 13.6. The van der Waals surface area contributed by atoms with E-state index in [2.05, 4.69) is 5.32 Å². The van der Waals surface area contributed by atoms with Crippen LogP contribution in [0.4, 0.5) is 10.1 Å². The third-order valence-corrected chi connectivity index (χ3v) is 4.18. The predicted molar refractivity (Wildman–Crippen MR) is 91.3 cm³/mol. The van der Waals surface area contributed by atoms with Crippen LogP contribution in [0.2, 0.25) is 10.0 Å². The SMILES string of the molecule is C[C@@H]([NH2+][C@H](C)c1cc(F)c(Cl)cc1Cl)C(=O)Nc1ccccc1. The van der Waals surface area contributed by atoms with Crippen molar-refractivity contribution in [1.29, 1.82) is 0 Å². The molecule has 6 heteroatoms. The van der Waals surface area contributed by atoms with Gasteiger partial charge < -0.3 is 10.6 Å². The molecule has 2 rings (SSSR count). The number of amides is 1. The molecule has 2 atom stereocenters. The Kier molecular flexibility index (Phi) is 5.99. The molecular weight excluding hydrogens is 338 g/mol. The number of anilines is 1. The second-order valence-electron chi connectivity index (χ2n) is 5.41. The van der Waals surface area contributed by atoms with Crippen molar-refractivity contribution in [3.63, 3.8) is 0 Å². The average Bonchev–Trinajstić information content (AvgIpc) is 2.51. The fourth-order valence-electron chi connectivity index (χ4n) is 2.29. The fraction of sp³-hybridized carbons (Fsp3) is 0.235. The first-order valence-corrected chi connectivity index (χ1v) is 7.99. The highest BCUT2D eigenvalue weighted by Gasteiger charge is 2.22. The monoisotopic (exact) mass is 355 g/mol. The van der Waals surface area contributed by atoms with E-state index in [-0.39, 0.29) is 23.0 Å². The lowest BCUT2D eigenvalue weighted by Gasteiger charge is -2.18. The minimum Gasteiger partial charge on any atom is -0.330 e. The summed E-state index contributed by atoms with van der Waals surface area (Å²) in [7, 11) is 0. The van der Waals surface area contributed by atoms with Crippen molar-refractivity contribution in [2.75, 3.05) is 5.32 Å². The molecule has 0 aromatic heterocycles. The maximum Gasteiger partial charge on any atom is 0.282 e. The molecule has 0 saturated heterocycles. The number of rotatable bonds is 5. The summed E-state index contributed by atoms with van der Waals surface area (Å²) >= 11 is 11.8. The van der Waals surface area contributed by atoms with Crippen LogP contribution in [0.5, 0.6) is 0 Å². The Morgan fingerprint density at radius 2 is 1.78 bits per heavy atom. The van der Waals surface area contributed by atoms with E-state index in [0.29, 0.717) is 10.6 Å². The van der Waals surface area contributed by atoms with Gasteiger partial charge in [0.05, 0.1) is 10.0 Å². The largest absolute Gasteiger partial charge is 0.330 e. The number of hydrogen-bond donors (Lipinski definition) is 2. The van der Waals surface area contributed by atoms with Gasteiger partial charge in [0.25, 0.3) is 5.91 Å². The lowest BCUT2D eigenvalue weighted by atomic mass is 10.1. The highest BCUT2D eigenvalue weighted by Crippen LogP contribution is 2.27. The molecule has 23 heavy (non-hydrogen) atoms. The van der Waals surface area contributed by atoms with Gasteiger partial charge >= 0.3 is 0 Å². The lowest BCUT2D eigenvalue weighted by molar-refractivity contribution is -0.709. The van der Waals surface area contributed by atoms with E-state index in [9.17, 15) is 9.18 Å². The average molecular weight is 356 g/mol. The van der Waals surface area contributed by atoms with Gasteiger partial charge in [0.1, 0.15) is 11.9 Å². The molecule has 0 heterocycles.